The topological polar surface area (TPSA) is 83.6 Å². The van der Waals surface area contributed by atoms with Crippen LogP contribution in [0, 0.1) is 0 Å². The van der Waals surface area contributed by atoms with Crippen LogP contribution >= 0.6 is 0 Å². The summed E-state index contributed by atoms with van der Waals surface area (Å²) < 4.78 is 5.60. The minimum absolute atomic E-state index is 0.255. The number of methoxy groups -OCH3 is 1. The van der Waals surface area contributed by atoms with E-state index in [1.54, 1.807) is 31.4 Å². The van der Waals surface area contributed by atoms with Crippen LogP contribution in [0.3, 0.4) is 0 Å². The molecule has 2 aliphatic rings. The maximum absolute atomic E-state index is 12.7. The van der Waals surface area contributed by atoms with Crippen LogP contribution in [0.2, 0.25) is 0 Å². The van der Waals surface area contributed by atoms with Gasteiger partial charge in [0.1, 0.15) is 5.82 Å². The molecule has 0 saturated heterocycles. The number of imide groups is 1. The van der Waals surface area contributed by atoms with E-state index in [1.807, 2.05) is 62.5 Å². The van der Waals surface area contributed by atoms with Gasteiger partial charge in [-0.1, -0.05) is 44.2 Å². The van der Waals surface area contributed by atoms with Crippen molar-refractivity contribution < 1.29 is 14.3 Å². The molecule has 1 unspecified atom stereocenters. The number of fused-ring (bicyclic) bond motifs is 2. The zero-order valence-corrected chi connectivity index (χ0v) is 19.5. The van der Waals surface area contributed by atoms with Gasteiger partial charge >= 0.3 is 0 Å². The largest absolute Gasteiger partial charge is 0.362 e. The molecule has 2 amide bonds. The van der Waals surface area contributed by atoms with Gasteiger partial charge in [0.25, 0.3) is 11.8 Å². The van der Waals surface area contributed by atoms with Gasteiger partial charge in [-0.25, -0.2) is 4.98 Å². The van der Waals surface area contributed by atoms with Crippen molar-refractivity contribution >= 4 is 29.4 Å². The van der Waals surface area contributed by atoms with Crippen LogP contribution in [0.1, 0.15) is 57.6 Å². The van der Waals surface area contributed by atoms with Crippen LogP contribution in [0.15, 0.2) is 66.9 Å². The average Bonchev–Trinajstić information content (AvgIpc) is 3.13. The molecule has 0 spiro atoms. The SMILES string of the molecule is CC.COC1NC=Cc2cc(CCN3C(=O)c4ccccc4C3=O)nc(Nc3ccccc3)c21. The first kappa shape index (κ1) is 23.2. The van der Waals surface area contributed by atoms with Gasteiger partial charge in [-0.05, 0) is 48.2 Å². The maximum Gasteiger partial charge on any atom is 0.261 e. The van der Waals surface area contributed by atoms with E-state index in [4.69, 9.17) is 9.72 Å². The predicted molar refractivity (Wildman–Crippen MR) is 133 cm³/mol. The summed E-state index contributed by atoms with van der Waals surface area (Å²) in [6.07, 6.45) is 3.92. The van der Waals surface area contributed by atoms with Gasteiger partial charge < -0.3 is 15.4 Å². The second-order valence-electron chi connectivity index (χ2n) is 7.63. The van der Waals surface area contributed by atoms with Gasteiger partial charge in [0, 0.05) is 31.5 Å². The van der Waals surface area contributed by atoms with Crippen molar-refractivity contribution in [3.05, 3.63) is 94.8 Å². The van der Waals surface area contributed by atoms with E-state index in [-0.39, 0.29) is 24.6 Å². The molecule has 0 bridgehead atoms. The fourth-order valence-corrected chi connectivity index (χ4v) is 4.09. The lowest BCUT2D eigenvalue weighted by atomic mass is 10.0. The van der Waals surface area contributed by atoms with Crippen LogP contribution in [0.5, 0.6) is 0 Å². The lowest BCUT2D eigenvalue weighted by Crippen LogP contribution is -2.32. The highest BCUT2D eigenvalue weighted by atomic mass is 16.5. The Morgan fingerprint density at radius 1 is 1.00 bits per heavy atom. The van der Waals surface area contributed by atoms with Crippen molar-refractivity contribution in [2.24, 2.45) is 0 Å². The molecule has 174 valence electrons. The molecular formula is C27H28N4O3. The summed E-state index contributed by atoms with van der Waals surface area (Å²) in [5.74, 6) is 0.166. The standard InChI is InChI=1S/C25H22N4O3.C2H6/c1-32-23-21-16(11-13-26-23)15-18(28-22(21)27-17-7-3-2-4-8-17)12-14-29-24(30)19-9-5-6-10-20(19)25(29)31;1-2/h2-11,13,15,23,26H,12,14H2,1H3,(H,27,28);1-2H3. The highest BCUT2D eigenvalue weighted by molar-refractivity contribution is 6.21. The molecule has 3 heterocycles. The molecule has 0 fully saturated rings. The first-order valence-electron chi connectivity index (χ1n) is 11.4. The van der Waals surface area contributed by atoms with Gasteiger partial charge in [0.15, 0.2) is 6.23 Å². The number of rotatable bonds is 6. The van der Waals surface area contributed by atoms with E-state index in [2.05, 4.69) is 10.6 Å². The first-order chi connectivity index (χ1) is 16.7. The summed E-state index contributed by atoms with van der Waals surface area (Å²) in [6.45, 7) is 4.26. The maximum atomic E-state index is 12.7. The van der Waals surface area contributed by atoms with Gasteiger partial charge in [-0.3, -0.25) is 14.5 Å². The van der Waals surface area contributed by atoms with Crippen molar-refractivity contribution in [3.8, 4) is 0 Å². The van der Waals surface area contributed by atoms with Crippen LogP contribution in [0.25, 0.3) is 6.08 Å². The van der Waals surface area contributed by atoms with Gasteiger partial charge in [-0.15, -0.1) is 0 Å². The molecule has 1 aromatic heterocycles. The van der Waals surface area contributed by atoms with E-state index >= 15 is 0 Å². The first-order valence-corrected chi connectivity index (χ1v) is 11.4. The summed E-state index contributed by atoms with van der Waals surface area (Å²) in [5.41, 5.74) is 4.48. The lowest BCUT2D eigenvalue weighted by molar-refractivity contribution is 0.0656. The lowest BCUT2D eigenvalue weighted by Gasteiger charge is -2.26. The molecule has 5 rings (SSSR count). The number of carbonyl (C=O) groups excluding carboxylic acids is 2. The Balaban J connectivity index is 0.00000133. The van der Waals surface area contributed by atoms with E-state index in [0.717, 1.165) is 22.5 Å². The monoisotopic (exact) mass is 456 g/mol. The third-order valence-corrected chi connectivity index (χ3v) is 5.66. The van der Waals surface area contributed by atoms with Crippen molar-refractivity contribution in [1.29, 1.82) is 0 Å². The molecule has 7 nitrogen and oxygen atoms in total. The van der Waals surface area contributed by atoms with E-state index < -0.39 is 0 Å². The Hall–Kier alpha value is -3.97. The number of hydrogen-bond acceptors (Lipinski definition) is 6. The number of aromatic nitrogens is 1. The normalized spacial score (nSPS) is 15.7. The van der Waals surface area contributed by atoms with E-state index in [9.17, 15) is 9.59 Å². The molecular weight excluding hydrogens is 428 g/mol. The Morgan fingerprint density at radius 2 is 1.65 bits per heavy atom. The minimum Gasteiger partial charge on any atom is -0.362 e. The fraction of sp³-hybridized carbons (Fsp3) is 0.222. The summed E-state index contributed by atoms with van der Waals surface area (Å²) >= 11 is 0. The number of pyridine rings is 1. The molecule has 0 saturated carbocycles. The number of nitrogens with zero attached hydrogens (tertiary/aromatic N) is 2. The van der Waals surface area contributed by atoms with Gasteiger partial charge in [0.2, 0.25) is 0 Å². The zero-order valence-electron chi connectivity index (χ0n) is 19.5. The van der Waals surface area contributed by atoms with Crippen LogP contribution in [-0.2, 0) is 11.2 Å². The number of para-hydroxylation sites is 1. The molecule has 2 aromatic carbocycles. The van der Waals surface area contributed by atoms with Crippen molar-refractivity contribution in [2.75, 3.05) is 19.0 Å². The zero-order chi connectivity index (χ0) is 24.1. The summed E-state index contributed by atoms with van der Waals surface area (Å²) in [4.78, 5) is 31.5. The number of nitrogens with one attached hydrogen (secondary N) is 2. The van der Waals surface area contributed by atoms with E-state index in [0.29, 0.717) is 23.4 Å². The Kier molecular flexibility index (Phi) is 7.04. The Labute approximate surface area is 199 Å². The number of anilines is 2. The highest BCUT2D eigenvalue weighted by Gasteiger charge is 2.34. The summed E-state index contributed by atoms with van der Waals surface area (Å²) in [6, 6.07) is 18.7. The second kappa shape index (κ2) is 10.3. The van der Waals surface area contributed by atoms with E-state index in [1.165, 1.54) is 4.90 Å². The molecule has 7 heteroatoms. The predicted octanol–water partition coefficient (Wildman–Crippen LogP) is 4.91. The third kappa shape index (κ3) is 4.43. The molecule has 0 radical (unpaired) electrons. The van der Waals surface area contributed by atoms with Crippen molar-refractivity contribution in [1.82, 2.24) is 15.2 Å². The third-order valence-electron chi connectivity index (χ3n) is 5.66. The quantitative estimate of drug-likeness (QED) is 0.513. The van der Waals surface area contributed by atoms with Crippen LogP contribution in [0.4, 0.5) is 11.5 Å². The second-order valence-corrected chi connectivity index (χ2v) is 7.63. The summed E-state index contributed by atoms with van der Waals surface area (Å²) in [5, 5.41) is 6.57. The van der Waals surface area contributed by atoms with Gasteiger partial charge in [0.05, 0.1) is 16.7 Å². The number of benzene rings is 2. The Morgan fingerprint density at radius 3 is 2.29 bits per heavy atom. The van der Waals surface area contributed by atoms with Gasteiger partial charge in [-0.2, -0.15) is 0 Å². The summed E-state index contributed by atoms with van der Waals surface area (Å²) in [7, 11) is 1.64. The molecule has 34 heavy (non-hydrogen) atoms. The Bertz CT molecular complexity index is 1190. The van der Waals surface area contributed by atoms with Crippen LogP contribution < -0.4 is 10.6 Å². The van der Waals surface area contributed by atoms with Crippen molar-refractivity contribution in [3.63, 3.8) is 0 Å². The highest BCUT2D eigenvalue weighted by Crippen LogP contribution is 2.32. The smallest absolute Gasteiger partial charge is 0.261 e. The van der Waals surface area contributed by atoms with Crippen molar-refractivity contribution in [2.45, 2.75) is 26.5 Å². The number of carbonyl (C=O) groups is 2. The van der Waals surface area contributed by atoms with Crippen LogP contribution in [-0.4, -0.2) is 35.4 Å². The molecule has 3 aromatic rings. The number of ether oxygens (including phenoxy) is 1. The fourth-order valence-electron chi connectivity index (χ4n) is 4.09. The number of amides is 2. The average molecular weight is 457 g/mol. The molecule has 2 N–H and O–H groups in total. The number of hydrogen-bond donors (Lipinski definition) is 2. The molecule has 1 atom stereocenters. The molecule has 2 aliphatic heterocycles. The minimum atomic E-state index is -0.334. The molecule has 0 aliphatic carbocycles.